The van der Waals surface area contributed by atoms with E-state index in [9.17, 15) is 0 Å². The summed E-state index contributed by atoms with van der Waals surface area (Å²) in [5.74, 6) is 1.68. The van der Waals surface area contributed by atoms with Gasteiger partial charge < -0.3 is 14.7 Å². The summed E-state index contributed by atoms with van der Waals surface area (Å²) in [6.45, 7) is 3.47. The first kappa shape index (κ1) is 12.2. The second-order valence-corrected chi connectivity index (χ2v) is 4.62. The number of nitrogens with two attached hydrogens (primary N) is 1. The van der Waals surface area contributed by atoms with Gasteiger partial charge in [-0.1, -0.05) is 18.7 Å². The predicted octanol–water partition coefficient (Wildman–Crippen LogP) is 2.03. The molecule has 2 aromatic rings. The minimum atomic E-state index is 0.430. The number of hydrogen-bond acceptors (Lipinski definition) is 5. The number of nitrogens with zero attached hydrogens (tertiary/aromatic N) is 3. The number of aromatic nitrogens is 3. The maximum absolute atomic E-state index is 5.64. The molecule has 0 aliphatic heterocycles. The van der Waals surface area contributed by atoms with Gasteiger partial charge in [0.2, 0.25) is 0 Å². The van der Waals surface area contributed by atoms with E-state index < -0.39 is 0 Å². The van der Waals surface area contributed by atoms with Crippen molar-refractivity contribution in [2.45, 2.75) is 37.3 Å². The quantitative estimate of drug-likeness (QED) is 0.797. The van der Waals surface area contributed by atoms with Crippen molar-refractivity contribution in [1.29, 1.82) is 0 Å². The maximum atomic E-state index is 5.64. The van der Waals surface area contributed by atoms with Crippen LogP contribution in [0.3, 0.4) is 0 Å². The molecule has 0 bridgehead atoms. The van der Waals surface area contributed by atoms with Gasteiger partial charge in [0, 0.05) is 17.9 Å². The second-order valence-electron chi connectivity index (χ2n) is 3.67. The molecule has 0 saturated heterocycles. The molecule has 0 atom stereocenters. The monoisotopic (exact) mass is 252 g/mol. The average Bonchev–Trinajstić information content (AvgIpc) is 2.96. The lowest BCUT2D eigenvalue weighted by molar-refractivity contribution is 0.565. The van der Waals surface area contributed by atoms with E-state index in [2.05, 4.69) is 21.7 Å². The molecular weight excluding hydrogens is 236 g/mol. The van der Waals surface area contributed by atoms with Gasteiger partial charge in [-0.05, 0) is 12.5 Å². The third-order valence-corrected chi connectivity index (χ3v) is 3.41. The Hall–Kier alpha value is -1.27. The SMILES string of the molecule is CCCn1c(CN)nnc1SCc1ccoc1. The number of thioether (sulfide) groups is 1. The van der Waals surface area contributed by atoms with Crippen LogP contribution in [0.15, 0.2) is 28.2 Å². The minimum Gasteiger partial charge on any atom is -0.472 e. The van der Waals surface area contributed by atoms with Gasteiger partial charge in [-0.25, -0.2) is 0 Å². The Bertz CT molecular complexity index is 452. The fraction of sp³-hybridized carbons (Fsp3) is 0.455. The molecule has 0 amide bonds. The molecule has 2 aromatic heterocycles. The highest BCUT2D eigenvalue weighted by molar-refractivity contribution is 7.98. The summed E-state index contributed by atoms with van der Waals surface area (Å²) in [5, 5.41) is 9.19. The molecule has 0 aliphatic carbocycles. The molecule has 2 N–H and O–H groups in total. The first-order valence-corrected chi connectivity index (χ1v) is 6.59. The van der Waals surface area contributed by atoms with Crippen LogP contribution in [0, 0.1) is 0 Å². The Morgan fingerprint density at radius 3 is 3.00 bits per heavy atom. The zero-order valence-electron chi connectivity index (χ0n) is 9.80. The van der Waals surface area contributed by atoms with Crippen molar-refractivity contribution in [2.75, 3.05) is 0 Å². The van der Waals surface area contributed by atoms with Crippen molar-refractivity contribution >= 4 is 11.8 Å². The minimum absolute atomic E-state index is 0.430. The molecule has 5 nitrogen and oxygen atoms in total. The fourth-order valence-electron chi connectivity index (χ4n) is 1.55. The summed E-state index contributed by atoms with van der Waals surface area (Å²) in [4.78, 5) is 0. The molecule has 0 aliphatic rings. The van der Waals surface area contributed by atoms with E-state index in [1.807, 2.05) is 6.07 Å². The van der Waals surface area contributed by atoms with E-state index in [1.165, 1.54) is 0 Å². The van der Waals surface area contributed by atoms with Crippen LogP contribution in [0.5, 0.6) is 0 Å². The zero-order chi connectivity index (χ0) is 12.1. The van der Waals surface area contributed by atoms with E-state index in [4.69, 9.17) is 10.2 Å². The van der Waals surface area contributed by atoms with Gasteiger partial charge in [0.15, 0.2) is 5.16 Å². The molecule has 92 valence electrons. The van der Waals surface area contributed by atoms with Crippen LogP contribution in [-0.2, 0) is 18.8 Å². The summed E-state index contributed by atoms with van der Waals surface area (Å²) in [5.41, 5.74) is 6.79. The highest BCUT2D eigenvalue weighted by Gasteiger charge is 2.10. The van der Waals surface area contributed by atoms with Gasteiger partial charge in [-0.3, -0.25) is 0 Å². The predicted molar refractivity (Wildman–Crippen MR) is 66.5 cm³/mol. The van der Waals surface area contributed by atoms with Crippen molar-refractivity contribution in [1.82, 2.24) is 14.8 Å². The normalized spacial score (nSPS) is 10.9. The third-order valence-electron chi connectivity index (χ3n) is 2.37. The molecule has 2 rings (SSSR count). The Kier molecular flexibility index (Phi) is 4.22. The number of hydrogen-bond donors (Lipinski definition) is 1. The summed E-state index contributed by atoms with van der Waals surface area (Å²) in [6.07, 6.45) is 4.47. The Morgan fingerprint density at radius 2 is 2.35 bits per heavy atom. The van der Waals surface area contributed by atoms with Gasteiger partial charge >= 0.3 is 0 Å². The average molecular weight is 252 g/mol. The Morgan fingerprint density at radius 1 is 1.47 bits per heavy atom. The summed E-state index contributed by atoms with van der Waals surface area (Å²) >= 11 is 1.65. The Balaban J connectivity index is 2.06. The first-order chi connectivity index (χ1) is 8.35. The lowest BCUT2D eigenvalue weighted by Gasteiger charge is -2.06. The smallest absolute Gasteiger partial charge is 0.191 e. The molecule has 0 spiro atoms. The van der Waals surface area contributed by atoms with E-state index in [1.54, 1.807) is 24.3 Å². The third kappa shape index (κ3) is 2.89. The Labute approximate surface area is 104 Å². The lowest BCUT2D eigenvalue weighted by Crippen LogP contribution is -2.09. The van der Waals surface area contributed by atoms with Crippen LogP contribution in [0.1, 0.15) is 24.7 Å². The van der Waals surface area contributed by atoms with Crippen LogP contribution in [0.2, 0.25) is 0 Å². The lowest BCUT2D eigenvalue weighted by atomic mass is 10.4. The van der Waals surface area contributed by atoms with E-state index >= 15 is 0 Å². The summed E-state index contributed by atoms with van der Waals surface area (Å²) in [6, 6.07) is 1.96. The molecule has 17 heavy (non-hydrogen) atoms. The van der Waals surface area contributed by atoms with E-state index in [0.717, 1.165) is 35.3 Å². The summed E-state index contributed by atoms with van der Waals surface area (Å²) < 4.78 is 7.12. The molecule has 2 heterocycles. The van der Waals surface area contributed by atoms with Crippen molar-refractivity contribution in [3.8, 4) is 0 Å². The van der Waals surface area contributed by atoms with Crippen LogP contribution in [0.4, 0.5) is 0 Å². The highest BCUT2D eigenvalue weighted by Crippen LogP contribution is 2.22. The molecule has 0 aromatic carbocycles. The summed E-state index contributed by atoms with van der Waals surface area (Å²) in [7, 11) is 0. The highest BCUT2D eigenvalue weighted by atomic mass is 32.2. The fourth-order valence-corrected chi connectivity index (χ4v) is 2.46. The molecule has 0 saturated carbocycles. The van der Waals surface area contributed by atoms with Gasteiger partial charge in [0.05, 0.1) is 19.1 Å². The van der Waals surface area contributed by atoms with Gasteiger partial charge in [-0.15, -0.1) is 10.2 Å². The maximum Gasteiger partial charge on any atom is 0.191 e. The van der Waals surface area contributed by atoms with Crippen molar-refractivity contribution in [2.24, 2.45) is 5.73 Å². The molecule has 0 radical (unpaired) electrons. The topological polar surface area (TPSA) is 69.9 Å². The molecular formula is C11H16N4OS. The van der Waals surface area contributed by atoms with Crippen molar-refractivity contribution in [3.05, 3.63) is 30.0 Å². The van der Waals surface area contributed by atoms with Crippen molar-refractivity contribution in [3.63, 3.8) is 0 Å². The van der Waals surface area contributed by atoms with Gasteiger partial charge in [0.1, 0.15) is 5.82 Å². The number of rotatable bonds is 6. The van der Waals surface area contributed by atoms with E-state index in [-0.39, 0.29) is 0 Å². The van der Waals surface area contributed by atoms with Crippen LogP contribution >= 0.6 is 11.8 Å². The number of furan rings is 1. The largest absolute Gasteiger partial charge is 0.472 e. The molecule has 0 fully saturated rings. The standard InChI is InChI=1S/C11H16N4OS/c1-2-4-15-10(6-12)13-14-11(15)17-8-9-3-5-16-7-9/h3,5,7H,2,4,6,8,12H2,1H3. The molecule has 6 heteroatoms. The first-order valence-electron chi connectivity index (χ1n) is 5.61. The van der Waals surface area contributed by atoms with Crippen LogP contribution in [-0.4, -0.2) is 14.8 Å². The van der Waals surface area contributed by atoms with Gasteiger partial charge in [0.25, 0.3) is 0 Å². The van der Waals surface area contributed by atoms with Crippen LogP contribution < -0.4 is 5.73 Å². The van der Waals surface area contributed by atoms with Gasteiger partial charge in [-0.2, -0.15) is 0 Å². The molecule has 0 unspecified atom stereocenters. The van der Waals surface area contributed by atoms with Crippen LogP contribution in [0.25, 0.3) is 0 Å². The van der Waals surface area contributed by atoms with Crippen molar-refractivity contribution < 1.29 is 4.42 Å². The van der Waals surface area contributed by atoms with E-state index in [0.29, 0.717) is 6.54 Å². The second kappa shape index (κ2) is 5.88. The zero-order valence-corrected chi connectivity index (χ0v) is 10.6.